The Morgan fingerprint density at radius 1 is 1.14 bits per heavy atom. The van der Waals surface area contributed by atoms with Gasteiger partial charge in [-0.1, -0.05) is 43.1 Å². The smallest absolute Gasteiger partial charge is 0.291 e. The molecule has 0 atom stereocenters. The van der Waals surface area contributed by atoms with Crippen LogP contribution in [0.1, 0.15) is 47.2 Å². The first-order valence-electron chi connectivity index (χ1n) is 9.43. The molecule has 1 amide bonds. The summed E-state index contributed by atoms with van der Waals surface area (Å²) in [6, 6.07) is 16.7. The number of aryl methyl sites for hydroxylation is 1. The van der Waals surface area contributed by atoms with Crippen molar-refractivity contribution < 1.29 is 13.9 Å². The van der Waals surface area contributed by atoms with E-state index in [0.29, 0.717) is 23.8 Å². The molecule has 0 radical (unpaired) electrons. The van der Waals surface area contributed by atoms with Gasteiger partial charge in [-0.2, -0.15) is 0 Å². The fraction of sp³-hybridized carbons (Fsp3) is 0.261. The van der Waals surface area contributed by atoms with Gasteiger partial charge in [0.2, 0.25) is 0 Å². The topological polar surface area (TPSA) is 51.5 Å². The van der Waals surface area contributed by atoms with E-state index in [0.717, 1.165) is 35.4 Å². The first-order valence-corrected chi connectivity index (χ1v) is 9.81. The Bertz CT molecular complexity index is 949. The van der Waals surface area contributed by atoms with Crippen molar-refractivity contribution in [2.75, 3.05) is 11.9 Å². The molecule has 28 heavy (non-hydrogen) atoms. The SMILES string of the molecule is CCCCOc1ccc(Cl)cc1Cc1ccc(C(=O)Nc2ccccc2C)o1. The summed E-state index contributed by atoms with van der Waals surface area (Å²) in [6.45, 7) is 4.73. The van der Waals surface area contributed by atoms with Crippen LogP contribution in [0.2, 0.25) is 5.02 Å². The van der Waals surface area contributed by atoms with Crippen LogP contribution in [-0.2, 0) is 6.42 Å². The minimum Gasteiger partial charge on any atom is -0.493 e. The van der Waals surface area contributed by atoms with Gasteiger partial charge in [0, 0.05) is 22.7 Å². The molecule has 1 heterocycles. The number of nitrogens with one attached hydrogen (secondary N) is 1. The normalized spacial score (nSPS) is 10.7. The fourth-order valence-corrected chi connectivity index (χ4v) is 3.03. The monoisotopic (exact) mass is 397 g/mol. The Morgan fingerprint density at radius 3 is 2.75 bits per heavy atom. The highest BCUT2D eigenvalue weighted by molar-refractivity contribution is 6.30. The van der Waals surface area contributed by atoms with Gasteiger partial charge >= 0.3 is 0 Å². The zero-order chi connectivity index (χ0) is 19.9. The fourth-order valence-electron chi connectivity index (χ4n) is 2.83. The Balaban J connectivity index is 1.71. The summed E-state index contributed by atoms with van der Waals surface area (Å²) in [5.41, 5.74) is 2.70. The maximum atomic E-state index is 12.5. The number of amides is 1. The van der Waals surface area contributed by atoms with Gasteiger partial charge in [0.25, 0.3) is 5.91 Å². The molecule has 0 saturated heterocycles. The Morgan fingerprint density at radius 2 is 1.96 bits per heavy atom. The number of halogens is 1. The average molecular weight is 398 g/mol. The lowest BCUT2D eigenvalue weighted by atomic mass is 10.1. The van der Waals surface area contributed by atoms with Crippen LogP contribution in [0.15, 0.2) is 59.0 Å². The van der Waals surface area contributed by atoms with Crippen molar-refractivity contribution in [1.29, 1.82) is 0 Å². The van der Waals surface area contributed by atoms with E-state index in [1.807, 2.05) is 55.5 Å². The van der Waals surface area contributed by atoms with Gasteiger partial charge in [0.1, 0.15) is 11.5 Å². The number of unbranched alkanes of at least 4 members (excludes halogenated alkanes) is 1. The molecule has 0 spiro atoms. The van der Waals surface area contributed by atoms with Crippen molar-refractivity contribution in [3.63, 3.8) is 0 Å². The van der Waals surface area contributed by atoms with E-state index in [-0.39, 0.29) is 11.7 Å². The number of para-hydroxylation sites is 1. The molecule has 3 aromatic rings. The summed E-state index contributed by atoms with van der Waals surface area (Å²) in [4.78, 5) is 12.5. The van der Waals surface area contributed by atoms with Crippen LogP contribution in [0.3, 0.4) is 0 Å². The van der Waals surface area contributed by atoms with E-state index < -0.39 is 0 Å². The van der Waals surface area contributed by atoms with Crippen LogP contribution in [0.25, 0.3) is 0 Å². The number of hydrogen-bond acceptors (Lipinski definition) is 3. The van der Waals surface area contributed by atoms with Crippen LogP contribution in [0.5, 0.6) is 5.75 Å². The predicted octanol–water partition coefficient (Wildman–Crippen LogP) is 6.26. The standard InChI is InChI=1S/C23H24ClNO3/c1-3-4-13-27-21-11-9-18(24)14-17(21)15-19-10-12-22(28-19)23(26)25-20-8-6-5-7-16(20)2/h5-12,14H,3-4,13,15H2,1-2H3,(H,25,26). The van der Waals surface area contributed by atoms with Crippen LogP contribution in [0, 0.1) is 6.92 Å². The molecule has 0 saturated carbocycles. The summed E-state index contributed by atoms with van der Waals surface area (Å²) < 4.78 is 11.6. The Kier molecular flexibility index (Phi) is 6.77. The molecule has 0 aliphatic heterocycles. The number of carbonyl (C=O) groups is 1. The number of benzene rings is 2. The molecule has 5 heteroatoms. The van der Waals surface area contributed by atoms with Gasteiger partial charge in [-0.15, -0.1) is 0 Å². The van der Waals surface area contributed by atoms with Crippen molar-refractivity contribution in [2.45, 2.75) is 33.1 Å². The second-order valence-corrected chi connectivity index (χ2v) is 7.10. The minimum absolute atomic E-state index is 0.272. The lowest BCUT2D eigenvalue weighted by Gasteiger charge is -2.11. The summed E-state index contributed by atoms with van der Waals surface area (Å²) in [7, 11) is 0. The maximum Gasteiger partial charge on any atom is 0.291 e. The van der Waals surface area contributed by atoms with Gasteiger partial charge in [-0.3, -0.25) is 4.79 Å². The second kappa shape index (κ2) is 9.47. The van der Waals surface area contributed by atoms with Crippen LogP contribution >= 0.6 is 11.6 Å². The van der Waals surface area contributed by atoms with Crippen molar-refractivity contribution in [2.24, 2.45) is 0 Å². The van der Waals surface area contributed by atoms with Gasteiger partial charge in [0.05, 0.1) is 6.61 Å². The number of anilines is 1. The van der Waals surface area contributed by atoms with E-state index in [1.165, 1.54) is 0 Å². The predicted molar refractivity (Wildman–Crippen MR) is 113 cm³/mol. The first kappa shape index (κ1) is 20.0. The molecule has 0 aliphatic carbocycles. The van der Waals surface area contributed by atoms with Gasteiger partial charge in [-0.05, 0) is 55.3 Å². The van der Waals surface area contributed by atoms with E-state index >= 15 is 0 Å². The third-order valence-electron chi connectivity index (χ3n) is 4.42. The van der Waals surface area contributed by atoms with Gasteiger partial charge in [-0.25, -0.2) is 0 Å². The van der Waals surface area contributed by atoms with E-state index in [2.05, 4.69) is 12.2 Å². The van der Waals surface area contributed by atoms with Crippen LogP contribution in [-0.4, -0.2) is 12.5 Å². The number of ether oxygens (including phenoxy) is 1. The summed E-state index contributed by atoms with van der Waals surface area (Å²) in [6.07, 6.45) is 2.56. The summed E-state index contributed by atoms with van der Waals surface area (Å²) >= 11 is 6.15. The number of furan rings is 1. The molecule has 0 bridgehead atoms. The van der Waals surface area contributed by atoms with Crippen molar-refractivity contribution in [1.82, 2.24) is 0 Å². The zero-order valence-electron chi connectivity index (χ0n) is 16.1. The van der Waals surface area contributed by atoms with Crippen molar-refractivity contribution >= 4 is 23.2 Å². The molecule has 2 aromatic carbocycles. The van der Waals surface area contributed by atoms with E-state index in [9.17, 15) is 4.79 Å². The third-order valence-corrected chi connectivity index (χ3v) is 4.66. The minimum atomic E-state index is -0.272. The largest absolute Gasteiger partial charge is 0.493 e. The molecule has 3 rings (SSSR count). The first-order chi connectivity index (χ1) is 13.6. The average Bonchev–Trinajstić information content (AvgIpc) is 3.14. The molecule has 146 valence electrons. The molecule has 4 nitrogen and oxygen atoms in total. The van der Waals surface area contributed by atoms with Gasteiger partial charge in [0.15, 0.2) is 5.76 Å². The zero-order valence-corrected chi connectivity index (χ0v) is 16.9. The lowest BCUT2D eigenvalue weighted by molar-refractivity contribution is 0.0995. The molecule has 1 N–H and O–H groups in total. The highest BCUT2D eigenvalue weighted by atomic mass is 35.5. The number of carbonyl (C=O) groups excluding carboxylic acids is 1. The Hall–Kier alpha value is -2.72. The second-order valence-electron chi connectivity index (χ2n) is 6.67. The van der Waals surface area contributed by atoms with E-state index in [1.54, 1.807) is 6.07 Å². The number of rotatable bonds is 8. The van der Waals surface area contributed by atoms with Crippen LogP contribution in [0.4, 0.5) is 5.69 Å². The molecule has 1 aromatic heterocycles. The third kappa shape index (κ3) is 5.17. The molecular formula is C23H24ClNO3. The summed E-state index contributed by atoms with van der Waals surface area (Å²) in [5.74, 6) is 1.47. The van der Waals surface area contributed by atoms with Gasteiger partial charge < -0.3 is 14.5 Å². The highest BCUT2D eigenvalue weighted by Crippen LogP contribution is 2.27. The quantitative estimate of drug-likeness (QED) is 0.456. The number of hydrogen-bond donors (Lipinski definition) is 1. The maximum absolute atomic E-state index is 12.5. The molecular weight excluding hydrogens is 374 g/mol. The molecule has 0 unspecified atom stereocenters. The highest BCUT2D eigenvalue weighted by Gasteiger charge is 2.14. The molecule has 0 aliphatic rings. The Labute approximate surface area is 170 Å². The van der Waals surface area contributed by atoms with Crippen molar-refractivity contribution in [3.8, 4) is 5.75 Å². The lowest BCUT2D eigenvalue weighted by Crippen LogP contribution is -2.11. The molecule has 0 fully saturated rings. The van der Waals surface area contributed by atoms with Crippen LogP contribution < -0.4 is 10.1 Å². The summed E-state index contributed by atoms with van der Waals surface area (Å²) in [5, 5.41) is 3.52. The van der Waals surface area contributed by atoms with E-state index in [4.69, 9.17) is 20.8 Å². The van der Waals surface area contributed by atoms with Crippen molar-refractivity contribution in [3.05, 3.63) is 82.3 Å².